The van der Waals surface area contributed by atoms with Gasteiger partial charge in [-0.3, -0.25) is 14.9 Å². The molecule has 2 amide bonds. The summed E-state index contributed by atoms with van der Waals surface area (Å²) in [6, 6.07) is 0. The Morgan fingerprint density at radius 2 is 1.94 bits per heavy atom. The van der Waals surface area contributed by atoms with E-state index in [9.17, 15) is 14.4 Å². The van der Waals surface area contributed by atoms with Gasteiger partial charge >= 0.3 is 5.97 Å². The van der Waals surface area contributed by atoms with Gasteiger partial charge in [-0.2, -0.15) is 0 Å². The monoisotopic (exact) mass is 228 g/mol. The van der Waals surface area contributed by atoms with Crippen molar-refractivity contribution in [3.8, 4) is 0 Å². The highest BCUT2D eigenvalue weighted by Gasteiger charge is 2.57. The summed E-state index contributed by atoms with van der Waals surface area (Å²) in [5, 5.41) is 2.02. The molecule has 6 heteroatoms. The van der Waals surface area contributed by atoms with E-state index in [0.29, 0.717) is 0 Å². The zero-order valence-corrected chi connectivity index (χ0v) is 9.79. The highest BCUT2D eigenvalue weighted by atomic mass is 16.6. The molecule has 0 aromatic rings. The molecule has 2 atom stereocenters. The van der Waals surface area contributed by atoms with Crippen molar-refractivity contribution in [2.24, 2.45) is 11.7 Å². The third kappa shape index (κ3) is 1.92. The fourth-order valence-electron chi connectivity index (χ4n) is 1.36. The van der Waals surface area contributed by atoms with Crippen LogP contribution < -0.4 is 11.1 Å². The van der Waals surface area contributed by atoms with Gasteiger partial charge in [-0.15, -0.1) is 0 Å². The summed E-state index contributed by atoms with van der Waals surface area (Å²) in [5.41, 5.74) is 3.01. The Morgan fingerprint density at radius 1 is 1.44 bits per heavy atom. The fraction of sp³-hybridized carbons (Fsp3) is 0.700. The second kappa shape index (κ2) is 3.55. The molecule has 2 unspecified atom stereocenters. The third-order valence-corrected chi connectivity index (χ3v) is 2.43. The first-order valence-electron chi connectivity index (χ1n) is 4.96. The molecule has 0 bridgehead atoms. The van der Waals surface area contributed by atoms with E-state index in [1.807, 2.05) is 5.32 Å². The Balaban J connectivity index is 2.98. The van der Waals surface area contributed by atoms with Crippen molar-refractivity contribution in [3.05, 3.63) is 0 Å². The standard InChI is InChI=1S/C10H16N2O4/c1-5-6(13)12-7(14)10(5,11)8(15)16-9(2,3)4/h5H,11H2,1-4H3,(H,12,13,14). The fourth-order valence-corrected chi connectivity index (χ4v) is 1.36. The van der Waals surface area contributed by atoms with E-state index in [0.717, 1.165) is 0 Å². The Kier molecular flexibility index (Phi) is 2.81. The lowest BCUT2D eigenvalue weighted by atomic mass is 9.88. The van der Waals surface area contributed by atoms with E-state index in [1.165, 1.54) is 6.92 Å². The zero-order valence-electron chi connectivity index (χ0n) is 9.79. The first kappa shape index (κ1) is 12.6. The van der Waals surface area contributed by atoms with Gasteiger partial charge in [0, 0.05) is 0 Å². The minimum atomic E-state index is -1.91. The minimum Gasteiger partial charge on any atom is -0.458 e. The van der Waals surface area contributed by atoms with Crippen LogP contribution in [0.2, 0.25) is 0 Å². The number of nitrogens with one attached hydrogen (secondary N) is 1. The van der Waals surface area contributed by atoms with E-state index < -0.39 is 34.8 Å². The topological polar surface area (TPSA) is 98.5 Å². The maximum atomic E-state index is 11.8. The Labute approximate surface area is 93.5 Å². The van der Waals surface area contributed by atoms with Crippen molar-refractivity contribution < 1.29 is 19.1 Å². The van der Waals surface area contributed by atoms with Gasteiger partial charge in [0.1, 0.15) is 5.60 Å². The average molecular weight is 228 g/mol. The molecule has 1 aliphatic rings. The molecule has 3 N–H and O–H groups in total. The van der Waals surface area contributed by atoms with Crippen LogP contribution in [-0.4, -0.2) is 28.9 Å². The zero-order chi connectivity index (χ0) is 12.7. The van der Waals surface area contributed by atoms with E-state index in [-0.39, 0.29) is 0 Å². The average Bonchev–Trinajstić information content (AvgIpc) is 2.28. The normalized spacial score (nSPS) is 30.2. The van der Waals surface area contributed by atoms with Crippen LogP contribution in [0.15, 0.2) is 0 Å². The van der Waals surface area contributed by atoms with Crippen LogP contribution in [0.25, 0.3) is 0 Å². The second-order valence-electron chi connectivity index (χ2n) is 4.91. The SMILES string of the molecule is CC1C(=O)NC(=O)C1(N)C(=O)OC(C)(C)C. The molecule has 1 aliphatic heterocycles. The predicted molar refractivity (Wildman–Crippen MR) is 55.1 cm³/mol. The maximum Gasteiger partial charge on any atom is 0.337 e. The molecule has 16 heavy (non-hydrogen) atoms. The Morgan fingerprint density at radius 3 is 2.25 bits per heavy atom. The van der Waals surface area contributed by atoms with Crippen molar-refractivity contribution in [3.63, 3.8) is 0 Å². The lowest BCUT2D eigenvalue weighted by molar-refractivity contribution is -0.165. The number of amides is 2. The summed E-state index contributed by atoms with van der Waals surface area (Å²) in [6.07, 6.45) is 0. The highest BCUT2D eigenvalue weighted by molar-refractivity contribution is 6.20. The van der Waals surface area contributed by atoms with Crippen LogP contribution in [-0.2, 0) is 19.1 Å². The molecule has 0 spiro atoms. The molecule has 1 heterocycles. The number of nitrogens with two attached hydrogens (primary N) is 1. The first-order chi connectivity index (χ1) is 7.09. The van der Waals surface area contributed by atoms with E-state index in [1.54, 1.807) is 20.8 Å². The first-order valence-corrected chi connectivity index (χ1v) is 4.96. The summed E-state index contributed by atoms with van der Waals surface area (Å²) in [7, 11) is 0. The van der Waals surface area contributed by atoms with Gasteiger partial charge in [-0.25, -0.2) is 4.79 Å². The van der Waals surface area contributed by atoms with Gasteiger partial charge in [-0.1, -0.05) is 6.92 Å². The van der Waals surface area contributed by atoms with Crippen LogP contribution in [0.4, 0.5) is 0 Å². The van der Waals surface area contributed by atoms with Crippen molar-refractivity contribution in [2.45, 2.75) is 38.8 Å². The Bertz CT molecular complexity index is 358. The lowest BCUT2D eigenvalue weighted by Crippen LogP contribution is -2.59. The van der Waals surface area contributed by atoms with Gasteiger partial charge in [-0.05, 0) is 20.8 Å². The summed E-state index contributed by atoms with van der Waals surface area (Å²) in [5.74, 6) is -3.16. The summed E-state index contributed by atoms with van der Waals surface area (Å²) >= 11 is 0. The third-order valence-electron chi connectivity index (χ3n) is 2.43. The molecule has 1 saturated heterocycles. The Hall–Kier alpha value is -1.43. The second-order valence-corrected chi connectivity index (χ2v) is 4.91. The van der Waals surface area contributed by atoms with Crippen molar-refractivity contribution in [1.29, 1.82) is 0 Å². The molecule has 1 rings (SSSR count). The molecular weight excluding hydrogens is 212 g/mol. The number of esters is 1. The van der Waals surface area contributed by atoms with E-state index in [4.69, 9.17) is 10.5 Å². The quantitative estimate of drug-likeness (QED) is 0.352. The van der Waals surface area contributed by atoms with Gasteiger partial charge in [0.05, 0.1) is 5.92 Å². The van der Waals surface area contributed by atoms with E-state index >= 15 is 0 Å². The van der Waals surface area contributed by atoms with Gasteiger partial charge < -0.3 is 10.5 Å². The molecule has 0 aromatic carbocycles. The largest absolute Gasteiger partial charge is 0.458 e. The summed E-state index contributed by atoms with van der Waals surface area (Å²) < 4.78 is 5.04. The smallest absolute Gasteiger partial charge is 0.337 e. The maximum absolute atomic E-state index is 11.8. The van der Waals surface area contributed by atoms with Crippen LogP contribution in [0.3, 0.4) is 0 Å². The predicted octanol–water partition coefficient (Wildman–Crippen LogP) is -0.682. The number of carbonyl (C=O) groups is 3. The molecule has 0 aliphatic carbocycles. The molecule has 90 valence electrons. The number of imide groups is 1. The number of hydrogen-bond donors (Lipinski definition) is 2. The van der Waals surface area contributed by atoms with Crippen LogP contribution in [0, 0.1) is 5.92 Å². The van der Waals surface area contributed by atoms with Crippen LogP contribution in [0.1, 0.15) is 27.7 Å². The van der Waals surface area contributed by atoms with Gasteiger partial charge in [0.15, 0.2) is 0 Å². The molecule has 0 saturated carbocycles. The minimum absolute atomic E-state index is 0.557. The summed E-state index contributed by atoms with van der Waals surface area (Å²) in [6.45, 7) is 6.40. The van der Waals surface area contributed by atoms with Gasteiger partial charge in [0.2, 0.25) is 11.4 Å². The van der Waals surface area contributed by atoms with Crippen molar-refractivity contribution >= 4 is 17.8 Å². The molecule has 0 aromatic heterocycles. The molecule has 0 radical (unpaired) electrons. The van der Waals surface area contributed by atoms with Gasteiger partial charge in [0.25, 0.3) is 5.91 Å². The summed E-state index contributed by atoms with van der Waals surface area (Å²) in [4.78, 5) is 34.5. The lowest BCUT2D eigenvalue weighted by Gasteiger charge is -2.27. The molecule has 6 nitrogen and oxygen atoms in total. The molecular formula is C10H16N2O4. The molecule has 1 fully saturated rings. The van der Waals surface area contributed by atoms with E-state index in [2.05, 4.69) is 0 Å². The number of rotatable bonds is 1. The highest BCUT2D eigenvalue weighted by Crippen LogP contribution is 2.25. The van der Waals surface area contributed by atoms with Crippen LogP contribution >= 0.6 is 0 Å². The van der Waals surface area contributed by atoms with Crippen molar-refractivity contribution in [2.75, 3.05) is 0 Å². The van der Waals surface area contributed by atoms with Crippen molar-refractivity contribution in [1.82, 2.24) is 5.32 Å². The number of carbonyl (C=O) groups excluding carboxylic acids is 3. The van der Waals surface area contributed by atoms with Crippen LogP contribution in [0.5, 0.6) is 0 Å². The number of ether oxygens (including phenoxy) is 1. The number of hydrogen-bond acceptors (Lipinski definition) is 5.